The first-order chi connectivity index (χ1) is 11.2. The van der Waals surface area contributed by atoms with Gasteiger partial charge in [0.25, 0.3) is 5.91 Å². The summed E-state index contributed by atoms with van der Waals surface area (Å²) in [7, 11) is 2.20. The molecule has 0 aliphatic carbocycles. The Balaban J connectivity index is 1.62. The molecule has 2 fully saturated rings. The van der Waals surface area contributed by atoms with E-state index in [-0.39, 0.29) is 11.3 Å². The standard InChI is InChI=1S/C19H22N2OS/c1-20-11-9-19(15-6-3-2-4-7-15)10-12-21(14-17(19)20)18(22)16-8-5-13-23-16/h2-8,13,17H,9-12,14H2,1H3/t17-,19+/m1/s1. The Labute approximate surface area is 141 Å². The van der Waals surface area contributed by atoms with E-state index in [0.717, 1.165) is 30.9 Å². The smallest absolute Gasteiger partial charge is 0.263 e. The fraction of sp³-hybridized carbons (Fsp3) is 0.421. The molecule has 1 aromatic heterocycles. The second-order valence-electron chi connectivity index (χ2n) is 6.75. The number of hydrogen-bond donors (Lipinski definition) is 0. The van der Waals surface area contributed by atoms with Crippen LogP contribution in [-0.4, -0.2) is 48.4 Å². The zero-order valence-electron chi connectivity index (χ0n) is 13.4. The molecule has 23 heavy (non-hydrogen) atoms. The zero-order chi connectivity index (χ0) is 15.9. The third-order valence-electron chi connectivity index (χ3n) is 5.67. The maximum absolute atomic E-state index is 12.7. The maximum Gasteiger partial charge on any atom is 0.263 e. The van der Waals surface area contributed by atoms with Gasteiger partial charge in [0.1, 0.15) is 0 Å². The van der Waals surface area contributed by atoms with E-state index < -0.39 is 0 Å². The Morgan fingerprint density at radius 2 is 1.91 bits per heavy atom. The second-order valence-corrected chi connectivity index (χ2v) is 7.69. The predicted octanol–water partition coefficient (Wildman–Crippen LogP) is 3.24. The summed E-state index contributed by atoms with van der Waals surface area (Å²) >= 11 is 1.54. The van der Waals surface area contributed by atoms with Gasteiger partial charge >= 0.3 is 0 Å². The molecule has 0 radical (unpaired) electrons. The number of thiophene rings is 1. The number of carbonyl (C=O) groups excluding carboxylic acids is 1. The van der Waals surface area contributed by atoms with E-state index in [2.05, 4.69) is 47.2 Å². The summed E-state index contributed by atoms with van der Waals surface area (Å²) in [5, 5.41) is 1.98. The highest BCUT2D eigenvalue weighted by atomic mass is 32.1. The molecule has 2 atom stereocenters. The van der Waals surface area contributed by atoms with Gasteiger partial charge in [-0.2, -0.15) is 0 Å². The van der Waals surface area contributed by atoms with E-state index in [9.17, 15) is 4.79 Å². The average molecular weight is 326 g/mol. The Kier molecular flexibility index (Phi) is 3.74. The van der Waals surface area contributed by atoms with Crippen molar-refractivity contribution >= 4 is 17.2 Å². The van der Waals surface area contributed by atoms with Crippen LogP contribution in [-0.2, 0) is 5.41 Å². The van der Waals surface area contributed by atoms with E-state index >= 15 is 0 Å². The number of likely N-dealkylation sites (tertiary alicyclic amines) is 2. The van der Waals surface area contributed by atoms with Gasteiger partial charge in [0.2, 0.25) is 0 Å². The molecule has 3 nitrogen and oxygen atoms in total. The summed E-state index contributed by atoms with van der Waals surface area (Å²) in [6, 6.07) is 15.2. The first kappa shape index (κ1) is 14.9. The van der Waals surface area contributed by atoms with Crippen LogP contribution in [0.25, 0.3) is 0 Å². The number of nitrogens with zero attached hydrogens (tertiary/aromatic N) is 2. The Morgan fingerprint density at radius 1 is 1.13 bits per heavy atom. The largest absolute Gasteiger partial charge is 0.336 e. The molecule has 0 spiro atoms. The van der Waals surface area contributed by atoms with E-state index in [4.69, 9.17) is 0 Å². The lowest BCUT2D eigenvalue weighted by atomic mass is 9.69. The molecule has 3 heterocycles. The lowest BCUT2D eigenvalue weighted by molar-refractivity contribution is 0.0558. The third-order valence-corrected chi connectivity index (χ3v) is 6.53. The van der Waals surface area contributed by atoms with Crippen LogP contribution in [0.15, 0.2) is 47.8 Å². The van der Waals surface area contributed by atoms with Crippen LogP contribution in [0.5, 0.6) is 0 Å². The highest BCUT2D eigenvalue weighted by molar-refractivity contribution is 7.12. The molecule has 0 N–H and O–H groups in total. The molecular formula is C19H22N2OS. The molecule has 0 bridgehead atoms. The summed E-state index contributed by atoms with van der Waals surface area (Å²) in [6.07, 6.45) is 2.25. The van der Waals surface area contributed by atoms with Crippen molar-refractivity contribution in [2.75, 3.05) is 26.7 Å². The summed E-state index contributed by atoms with van der Waals surface area (Å²) in [5.41, 5.74) is 1.65. The Morgan fingerprint density at radius 3 is 2.65 bits per heavy atom. The van der Waals surface area contributed by atoms with Gasteiger partial charge in [-0.25, -0.2) is 0 Å². The highest BCUT2D eigenvalue weighted by Gasteiger charge is 2.50. The molecule has 0 unspecified atom stereocenters. The molecule has 0 saturated carbocycles. The van der Waals surface area contributed by atoms with E-state index in [1.54, 1.807) is 11.3 Å². The molecular weight excluding hydrogens is 304 g/mol. The Hall–Kier alpha value is -1.65. The van der Waals surface area contributed by atoms with Gasteiger partial charge in [0.05, 0.1) is 4.88 Å². The van der Waals surface area contributed by atoms with Gasteiger partial charge < -0.3 is 9.80 Å². The minimum absolute atomic E-state index is 0.196. The van der Waals surface area contributed by atoms with Crippen LogP contribution < -0.4 is 0 Å². The van der Waals surface area contributed by atoms with Gasteiger partial charge in [-0.05, 0) is 43.4 Å². The molecule has 2 aliphatic heterocycles. The summed E-state index contributed by atoms with van der Waals surface area (Å²) < 4.78 is 0. The number of hydrogen-bond acceptors (Lipinski definition) is 3. The van der Waals surface area contributed by atoms with Crippen molar-refractivity contribution in [3.8, 4) is 0 Å². The first-order valence-electron chi connectivity index (χ1n) is 8.29. The lowest BCUT2D eigenvalue weighted by Crippen LogP contribution is -2.56. The van der Waals surface area contributed by atoms with Gasteiger partial charge in [-0.15, -0.1) is 11.3 Å². The quantitative estimate of drug-likeness (QED) is 0.846. The average Bonchev–Trinajstić information content (AvgIpc) is 3.24. The SMILES string of the molecule is CN1CC[C@@]2(c3ccccc3)CCN(C(=O)c3cccs3)C[C@@H]12. The van der Waals surface area contributed by atoms with Crippen molar-refractivity contribution < 1.29 is 4.79 Å². The fourth-order valence-electron chi connectivity index (χ4n) is 4.35. The number of amides is 1. The summed E-state index contributed by atoms with van der Waals surface area (Å²) in [4.78, 5) is 18.1. The molecule has 1 amide bonds. The van der Waals surface area contributed by atoms with E-state index in [0.29, 0.717) is 6.04 Å². The first-order valence-corrected chi connectivity index (χ1v) is 9.17. The number of likely N-dealkylation sites (N-methyl/N-ethyl adjacent to an activating group) is 1. The van der Waals surface area contributed by atoms with Crippen molar-refractivity contribution in [1.29, 1.82) is 0 Å². The van der Waals surface area contributed by atoms with Gasteiger partial charge in [-0.1, -0.05) is 36.4 Å². The molecule has 2 aromatic rings. The van der Waals surface area contributed by atoms with Gasteiger partial charge in [0, 0.05) is 24.5 Å². The van der Waals surface area contributed by atoms with Crippen molar-refractivity contribution in [3.63, 3.8) is 0 Å². The summed E-state index contributed by atoms with van der Waals surface area (Å²) in [6.45, 7) is 2.80. The number of benzene rings is 1. The van der Waals surface area contributed by atoms with Crippen LogP contribution in [0.2, 0.25) is 0 Å². The second kappa shape index (κ2) is 5.77. The van der Waals surface area contributed by atoms with Crippen LogP contribution >= 0.6 is 11.3 Å². The minimum Gasteiger partial charge on any atom is -0.336 e. The molecule has 4 heteroatoms. The molecule has 120 valence electrons. The van der Waals surface area contributed by atoms with E-state index in [1.807, 2.05) is 17.5 Å². The van der Waals surface area contributed by atoms with Crippen LogP contribution in [0.4, 0.5) is 0 Å². The molecule has 2 saturated heterocycles. The molecule has 4 rings (SSSR count). The predicted molar refractivity (Wildman–Crippen MR) is 94.0 cm³/mol. The van der Waals surface area contributed by atoms with Gasteiger partial charge in [0.15, 0.2) is 0 Å². The van der Waals surface area contributed by atoms with Crippen molar-refractivity contribution in [2.45, 2.75) is 24.3 Å². The molecule has 1 aromatic carbocycles. The third kappa shape index (κ3) is 2.41. The zero-order valence-corrected chi connectivity index (χ0v) is 14.3. The maximum atomic E-state index is 12.7. The molecule has 2 aliphatic rings. The minimum atomic E-state index is 0.196. The normalized spacial score (nSPS) is 27.9. The fourth-order valence-corrected chi connectivity index (χ4v) is 5.04. The van der Waals surface area contributed by atoms with Crippen LogP contribution in [0.1, 0.15) is 28.1 Å². The monoisotopic (exact) mass is 326 g/mol. The topological polar surface area (TPSA) is 23.6 Å². The van der Waals surface area contributed by atoms with Crippen LogP contribution in [0, 0.1) is 0 Å². The number of rotatable bonds is 2. The highest BCUT2D eigenvalue weighted by Crippen LogP contribution is 2.45. The van der Waals surface area contributed by atoms with Crippen molar-refractivity contribution in [1.82, 2.24) is 9.80 Å². The summed E-state index contributed by atoms with van der Waals surface area (Å²) in [5.74, 6) is 0.196. The Bertz CT molecular complexity index is 685. The number of fused-ring (bicyclic) bond motifs is 1. The van der Waals surface area contributed by atoms with Crippen molar-refractivity contribution in [2.24, 2.45) is 0 Å². The van der Waals surface area contributed by atoms with Crippen molar-refractivity contribution in [3.05, 3.63) is 58.3 Å². The van der Waals surface area contributed by atoms with E-state index in [1.165, 1.54) is 12.0 Å². The number of carbonyl (C=O) groups is 1. The van der Waals surface area contributed by atoms with Crippen LogP contribution in [0.3, 0.4) is 0 Å². The van der Waals surface area contributed by atoms with Gasteiger partial charge in [-0.3, -0.25) is 4.79 Å². The number of piperidine rings is 1. The lowest BCUT2D eigenvalue weighted by Gasteiger charge is -2.46.